The number of carbonyl (C=O) groups excluding carboxylic acids is 1. The average molecular weight is 234 g/mol. The third-order valence-corrected chi connectivity index (χ3v) is 2.67. The van der Waals surface area contributed by atoms with Gasteiger partial charge in [-0.25, -0.2) is 0 Å². The van der Waals surface area contributed by atoms with Crippen LogP contribution in [-0.2, 0) is 11.2 Å². The average Bonchev–Trinajstić information content (AvgIpc) is 2.29. The number of benzene rings is 1. The molecular weight excluding hydrogens is 212 g/mol. The molecule has 1 aromatic rings. The van der Waals surface area contributed by atoms with Gasteiger partial charge in [0, 0.05) is 25.7 Å². The first kappa shape index (κ1) is 13.9. The fourth-order valence-electron chi connectivity index (χ4n) is 1.82. The van der Waals surface area contributed by atoms with E-state index in [2.05, 4.69) is 26.0 Å². The van der Waals surface area contributed by atoms with Crippen molar-refractivity contribution in [1.82, 2.24) is 0 Å². The van der Waals surface area contributed by atoms with Crippen molar-refractivity contribution >= 4 is 5.78 Å². The summed E-state index contributed by atoms with van der Waals surface area (Å²) in [5.74, 6) is 0.858. The van der Waals surface area contributed by atoms with Crippen LogP contribution in [-0.4, -0.2) is 19.5 Å². The number of hydrogen-bond acceptors (Lipinski definition) is 2. The molecule has 0 bridgehead atoms. The molecular formula is C15H22O2. The second-order valence-electron chi connectivity index (χ2n) is 4.81. The van der Waals surface area contributed by atoms with Gasteiger partial charge in [-0.3, -0.25) is 4.79 Å². The molecule has 1 aromatic carbocycles. The largest absolute Gasteiger partial charge is 0.385 e. The van der Waals surface area contributed by atoms with Crippen LogP contribution in [0.25, 0.3) is 0 Å². The van der Waals surface area contributed by atoms with E-state index in [1.807, 2.05) is 12.1 Å². The van der Waals surface area contributed by atoms with E-state index < -0.39 is 0 Å². The van der Waals surface area contributed by atoms with Gasteiger partial charge in [-0.1, -0.05) is 38.1 Å². The molecule has 0 fully saturated rings. The van der Waals surface area contributed by atoms with Crippen LogP contribution < -0.4 is 0 Å². The van der Waals surface area contributed by atoms with Crippen LogP contribution in [0.3, 0.4) is 0 Å². The van der Waals surface area contributed by atoms with E-state index in [9.17, 15) is 4.79 Å². The highest BCUT2D eigenvalue weighted by molar-refractivity contribution is 5.96. The number of ether oxygens (including phenoxy) is 1. The van der Waals surface area contributed by atoms with Gasteiger partial charge in [-0.15, -0.1) is 0 Å². The highest BCUT2D eigenvalue weighted by Gasteiger charge is 2.05. The SMILES string of the molecule is COCCCC(=O)c1ccc(CC(C)C)cc1. The van der Waals surface area contributed by atoms with Crippen molar-refractivity contribution in [2.24, 2.45) is 5.92 Å². The van der Waals surface area contributed by atoms with Gasteiger partial charge in [0.15, 0.2) is 5.78 Å². The van der Waals surface area contributed by atoms with Gasteiger partial charge in [-0.2, -0.15) is 0 Å². The first-order valence-corrected chi connectivity index (χ1v) is 6.24. The van der Waals surface area contributed by atoms with Crippen molar-refractivity contribution in [2.75, 3.05) is 13.7 Å². The Labute approximate surface area is 104 Å². The van der Waals surface area contributed by atoms with Crippen molar-refractivity contribution in [3.05, 3.63) is 35.4 Å². The summed E-state index contributed by atoms with van der Waals surface area (Å²) < 4.78 is 4.94. The van der Waals surface area contributed by atoms with Crippen molar-refractivity contribution in [3.63, 3.8) is 0 Å². The van der Waals surface area contributed by atoms with Gasteiger partial charge in [0.25, 0.3) is 0 Å². The number of Topliss-reactive ketones (excluding diaryl/α,β-unsaturated/α-hetero) is 1. The molecule has 0 aromatic heterocycles. The summed E-state index contributed by atoms with van der Waals surface area (Å²) in [6.07, 6.45) is 2.43. The minimum atomic E-state index is 0.207. The van der Waals surface area contributed by atoms with Crippen LogP contribution in [0.2, 0.25) is 0 Å². The molecule has 0 aliphatic carbocycles. The Kier molecular flexibility index (Phi) is 5.92. The molecule has 0 saturated carbocycles. The number of hydrogen-bond donors (Lipinski definition) is 0. The lowest BCUT2D eigenvalue weighted by atomic mass is 10.00. The Morgan fingerprint density at radius 2 is 1.88 bits per heavy atom. The van der Waals surface area contributed by atoms with Crippen molar-refractivity contribution < 1.29 is 9.53 Å². The first-order valence-electron chi connectivity index (χ1n) is 6.24. The van der Waals surface area contributed by atoms with Crippen LogP contribution >= 0.6 is 0 Å². The molecule has 0 N–H and O–H groups in total. The quantitative estimate of drug-likeness (QED) is 0.533. The van der Waals surface area contributed by atoms with E-state index >= 15 is 0 Å². The highest BCUT2D eigenvalue weighted by Crippen LogP contribution is 2.11. The fraction of sp³-hybridized carbons (Fsp3) is 0.533. The minimum Gasteiger partial charge on any atom is -0.385 e. The van der Waals surface area contributed by atoms with Crippen LogP contribution in [0.5, 0.6) is 0 Å². The molecule has 0 atom stereocenters. The molecule has 17 heavy (non-hydrogen) atoms. The van der Waals surface area contributed by atoms with Gasteiger partial charge in [0.05, 0.1) is 0 Å². The predicted molar refractivity (Wildman–Crippen MR) is 70.4 cm³/mol. The molecule has 0 heterocycles. The molecule has 2 nitrogen and oxygen atoms in total. The second kappa shape index (κ2) is 7.23. The normalized spacial score (nSPS) is 10.8. The Balaban J connectivity index is 2.52. The van der Waals surface area contributed by atoms with Gasteiger partial charge in [0.2, 0.25) is 0 Å². The van der Waals surface area contributed by atoms with Gasteiger partial charge in [0.1, 0.15) is 0 Å². The number of carbonyl (C=O) groups is 1. The summed E-state index contributed by atoms with van der Waals surface area (Å²) in [5.41, 5.74) is 2.11. The Morgan fingerprint density at radius 1 is 1.24 bits per heavy atom. The molecule has 94 valence electrons. The lowest BCUT2D eigenvalue weighted by Gasteiger charge is -2.06. The lowest BCUT2D eigenvalue weighted by molar-refractivity contribution is 0.0963. The molecule has 1 rings (SSSR count). The van der Waals surface area contributed by atoms with Gasteiger partial charge in [-0.05, 0) is 24.3 Å². The summed E-state index contributed by atoms with van der Waals surface area (Å²) in [5, 5.41) is 0. The molecule has 0 spiro atoms. The number of rotatable bonds is 7. The van der Waals surface area contributed by atoms with Crippen molar-refractivity contribution in [3.8, 4) is 0 Å². The van der Waals surface area contributed by atoms with Crippen LogP contribution in [0.4, 0.5) is 0 Å². The van der Waals surface area contributed by atoms with Gasteiger partial charge >= 0.3 is 0 Å². The highest BCUT2D eigenvalue weighted by atomic mass is 16.5. The third-order valence-electron chi connectivity index (χ3n) is 2.67. The van der Waals surface area contributed by atoms with Crippen molar-refractivity contribution in [2.45, 2.75) is 33.1 Å². The third kappa shape index (κ3) is 5.14. The Morgan fingerprint density at radius 3 is 2.41 bits per heavy atom. The van der Waals surface area contributed by atoms with Crippen LogP contribution in [0.1, 0.15) is 42.6 Å². The van der Waals surface area contributed by atoms with E-state index in [0.29, 0.717) is 18.9 Å². The standard InChI is InChI=1S/C15H22O2/c1-12(2)11-13-6-8-14(9-7-13)15(16)5-4-10-17-3/h6-9,12H,4-5,10-11H2,1-3H3. The van der Waals surface area contributed by atoms with Gasteiger partial charge < -0.3 is 4.74 Å². The summed E-state index contributed by atoms with van der Waals surface area (Å²) in [6, 6.07) is 7.99. The summed E-state index contributed by atoms with van der Waals surface area (Å²) >= 11 is 0. The summed E-state index contributed by atoms with van der Waals surface area (Å²) in [7, 11) is 1.66. The maximum Gasteiger partial charge on any atom is 0.162 e. The fourth-order valence-corrected chi connectivity index (χ4v) is 1.82. The molecule has 2 heteroatoms. The van der Waals surface area contributed by atoms with Crippen LogP contribution in [0, 0.1) is 5.92 Å². The second-order valence-corrected chi connectivity index (χ2v) is 4.81. The molecule has 0 radical (unpaired) electrons. The maximum atomic E-state index is 11.8. The first-order chi connectivity index (χ1) is 8.13. The molecule has 0 aliphatic rings. The smallest absolute Gasteiger partial charge is 0.162 e. The molecule has 0 amide bonds. The predicted octanol–water partition coefficient (Wildman–Crippen LogP) is 3.49. The Hall–Kier alpha value is -1.15. The maximum absolute atomic E-state index is 11.8. The van der Waals surface area contributed by atoms with Crippen molar-refractivity contribution in [1.29, 1.82) is 0 Å². The zero-order valence-corrected chi connectivity index (χ0v) is 11.0. The Bertz CT molecular complexity index is 338. The molecule has 0 aliphatic heterocycles. The zero-order valence-electron chi connectivity index (χ0n) is 11.0. The number of methoxy groups -OCH3 is 1. The van der Waals surface area contributed by atoms with E-state index in [4.69, 9.17) is 4.74 Å². The minimum absolute atomic E-state index is 0.207. The molecule has 0 unspecified atom stereocenters. The van der Waals surface area contributed by atoms with E-state index in [1.54, 1.807) is 7.11 Å². The monoisotopic (exact) mass is 234 g/mol. The molecule has 0 saturated heterocycles. The zero-order chi connectivity index (χ0) is 12.7. The van der Waals surface area contributed by atoms with Crippen LogP contribution in [0.15, 0.2) is 24.3 Å². The summed E-state index contributed by atoms with van der Waals surface area (Å²) in [4.78, 5) is 11.8. The topological polar surface area (TPSA) is 26.3 Å². The summed E-state index contributed by atoms with van der Waals surface area (Å²) in [6.45, 7) is 5.05. The van der Waals surface area contributed by atoms with E-state index in [0.717, 1.165) is 18.4 Å². The lowest BCUT2D eigenvalue weighted by Crippen LogP contribution is -2.02. The number of ketones is 1. The van der Waals surface area contributed by atoms with E-state index in [1.165, 1.54) is 5.56 Å². The van der Waals surface area contributed by atoms with E-state index in [-0.39, 0.29) is 5.78 Å².